The van der Waals surface area contributed by atoms with Gasteiger partial charge in [-0.3, -0.25) is 0 Å². The second-order valence-electron chi connectivity index (χ2n) is 8.00. The molecule has 0 bridgehead atoms. The quantitative estimate of drug-likeness (QED) is 0.570. The van der Waals surface area contributed by atoms with Crippen LogP contribution in [0.25, 0.3) is 0 Å². The van der Waals surface area contributed by atoms with Gasteiger partial charge in [0.05, 0.1) is 0 Å². The first-order chi connectivity index (χ1) is 11.8. The predicted octanol–water partition coefficient (Wildman–Crippen LogP) is 6.96. The molecular formula is C25H30. The molecule has 1 unspecified atom stereocenters. The lowest BCUT2D eigenvalue weighted by Crippen LogP contribution is -2.14. The molecule has 2 aromatic carbocycles. The van der Waals surface area contributed by atoms with E-state index in [2.05, 4.69) is 90.9 Å². The van der Waals surface area contributed by atoms with Gasteiger partial charge in [-0.1, -0.05) is 75.9 Å². The van der Waals surface area contributed by atoms with Gasteiger partial charge in [0, 0.05) is 11.8 Å². The van der Waals surface area contributed by atoms with Gasteiger partial charge >= 0.3 is 0 Å². The third-order valence-corrected chi connectivity index (χ3v) is 5.68. The van der Waals surface area contributed by atoms with E-state index in [-0.39, 0.29) is 0 Å². The highest BCUT2D eigenvalue weighted by Gasteiger charge is 2.30. The molecule has 0 spiro atoms. The van der Waals surface area contributed by atoms with Crippen LogP contribution >= 0.6 is 0 Å². The molecule has 0 aliphatic heterocycles. The molecule has 0 nitrogen and oxygen atoms in total. The van der Waals surface area contributed by atoms with Crippen LogP contribution in [0.1, 0.15) is 60.1 Å². The Bertz CT molecular complexity index is 785. The molecule has 0 radical (unpaired) electrons. The standard InChI is InChI=1S/C25H30/c1-15-8-16(2)11-22(10-15)25(23-12-17(3)9-18(4)13-23)24-14-19(5)20(6)21(24)7/h8-14,24-25H,1-7H3. The largest absolute Gasteiger partial charge is 0.0732 e. The molecular weight excluding hydrogens is 300 g/mol. The lowest BCUT2D eigenvalue weighted by molar-refractivity contribution is 0.654. The Morgan fingerprint density at radius 2 is 1.00 bits per heavy atom. The molecule has 1 aliphatic carbocycles. The van der Waals surface area contributed by atoms with Crippen LogP contribution < -0.4 is 0 Å². The number of hydrogen-bond acceptors (Lipinski definition) is 0. The Labute approximate surface area is 153 Å². The Hall–Kier alpha value is -2.08. The van der Waals surface area contributed by atoms with Gasteiger partial charge in [-0.15, -0.1) is 0 Å². The van der Waals surface area contributed by atoms with Crippen molar-refractivity contribution in [3.63, 3.8) is 0 Å². The molecule has 0 heterocycles. The molecule has 0 saturated carbocycles. The van der Waals surface area contributed by atoms with Crippen molar-refractivity contribution in [2.45, 2.75) is 54.4 Å². The maximum atomic E-state index is 2.48. The van der Waals surface area contributed by atoms with E-state index in [4.69, 9.17) is 0 Å². The molecule has 0 heteroatoms. The monoisotopic (exact) mass is 330 g/mol. The van der Waals surface area contributed by atoms with Crippen molar-refractivity contribution in [2.75, 3.05) is 0 Å². The smallest absolute Gasteiger partial charge is 0.0190 e. The number of aryl methyl sites for hydroxylation is 4. The summed E-state index contributed by atoms with van der Waals surface area (Å²) < 4.78 is 0. The first kappa shape index (κ1) is 17.7. The zero-order valence-electron chi connectivity index (χ0n) is 16.7. The van der Waals surface area contributed by atoms with Crippen LogP contribution in [0.2, 0.25) is 0 Å². The summed E-state index contributed by atoms with van der Waals surface area (Å²) in [6, 6.07) is 14.0. The van der Waals surface area contributed by atoms with Crippen LogP contribution in [-0.2, 0) is 0 Å². The third kappa shape index (κ3) is 3.49. The van der Waals surface area contributed by atoms with Gasteiger partial charge in [0.25, 0.3) is 0 Å². The first-order valence-corrected chi connectivity index (χ1v) is 9.29. The summed E-state index contributed by atoms with van der Waals surface area (Å²) in [5.74, 6) is 0.826. The topological polar surface area (TPSA) is 0 Å². The van der Waals surface area contributed by atoms with Gasteiger partial charge in [-0.05, 0) is 65.2 Å². The van der Waals surface area contributed by atoms with Gasteiger partial charge in [-0.2, -0.15) is 0 Å². The number of rotatable bonds is 3. The summed E-state index contributed by atoms with van der Waals surface area (Å²) in [6.45, 7) is 15.7. The maximum absolute atomic E-state index is 2.48. The van der Waals surface area contributed by atoms with E-state index in [1.807, 2.05) is 0 Å². The van der Waals surface area contributed by atoms with Crippen molar-refractivity contribution in [1.82, 2.24) is 0 Å². The van der Waals surface area contributed by atoms with E-state index in [9.17, 15) is 0 Å². The molecule has 130 valence electrons. The molecule has 1 atom stereocenters. The van der Waals surface area contributed by atoms with Crippen LogP contribution in [0.15, 0.2) is 59.2 Å². The zero-order chi connectivity index (χ0) is 18.3. The number of allylic oxidation sites excluding steroid dienone is 4. The number of hydrogen-bond donors (Lipinski definition) is 0. The summed E-state index contributed by atoms with van der Waals surface area (Å²) in [5.41, 5.74) is 12.7. The summed E-state index contributed by atoms with van der Waals surface area (Å²) in [4.78, 5) is 0. The Balaban J connectivity index is 2.22. The molecule has 0 N–H and O–H groups in total. The van der Waals surface area contributed by atoms with E-state index in [1.54, 1.807) is 0 Å². The second kappa shape index (κ2) is 6.67. The van der Waals surface area contributed by atoms with Gasteiger partial charge in [0.15, 0.2) is 0 Å². The van der Waals surface area contributed by atoms with Gasteiger partial charge < -0.3 is 0 Å². The lowest BCUT2D eigenvalue weighted by atomic mass is 9.77. The fourth-order valence-corrected chi connectivity index (χ4v) is 4.41. The van der Waals surface area contributed by atoms with Crippen molar-refractivity contribution in [3.8, 4) is 0 Å². The second-order valence-corrected chi connectivity index (χ2v) is 8.00. The first-order valence-electron chi connectivity index (χ1n) is 9.29. The Morgan fingerprint density at radius 3 is 1.32 bits per heavy atom. The van der Waals surface area contributed by atoms with Crippen molar-refractivity contribution < 1.29 is 0 Å². The van der Waals surface area contributed by atoms with Crippen LogP contribution in [0, 0.1) is 33.6 Å². The fraction of sp³-hybridized carbons (Fsp3) is 0.360. The normalized spacial score (nSPS) is 17.4. The SMILES string of the molecule is CC1=CC(C(c2cc(C)cc(C)c2)c2cc(C)cc(C)c2)C(C)=C1C. The predicted molar refractivity (Wildman–Crippen MR) is 109 cm³/mol. The average molecular weight is 331 g/mol. The third-order valence-electron chi connectivity index (χ3n) is 5.68. The highest BCUT2D eigenvalue weighted by molar-refractivity contribution is 5.49. The maximum Gasteiger partial charge on any atom is 0.0190 e. The van der Waals surface area contributed by atoms with Crippen LogP contribution in [0.3, 0.4) is 0 Å². The molecule has 0 fully saturated rings. The van der Waals surface area contributed by atoms with Gasteiger partial charge in [-0.25, -0.2) is 0 Å². The molecule has 2 aromatic rings. The highest BCUT2D eigenvalue weighted by atomic mass is 14.3. The van der Waals surface area contributed by atoms with E-state index in [0.717, 1.165) is 0 Å². The summed E-state index contributed by atoms with van der Waals surface area (Å²) in [5, 5.41) is 0. The van der Waals surface area contributed by atoms with Crippen molar-refractivity contribution in [3.05, 3.63) is 92.6 Å². The van der Waals surface area contributed by atoms with Crippen LogP contribution in [0.5, 0.6) is 0 Å². The van der Waals surface area contributed by atoms with Crippen LogP contribution in [-0.4, -0.2) is 0 Å². The minimum absolute atomic E-state index is 0.379. The van der Waals surface area contributed by atoms with E-state index < -0.39 is 0 Å². The van der Waals surface area contributed by atoms with E-state index in [1.165, 1.54) is 50.1 Å². The Kier molecular flexibility index (Phi) is 4.73. The summed E-state index contributed by atoms with van der Waals surface area (Å²) in [6.07, 6.45) is 2.48. The summed E-state index contributed by atoms with van der Waals surface area (Å²) >= 11 is 0. The minimum Gasteiger partial charge on any atom is -0.0732 e. The Morgan fingerprint density at radius 1 is 0.600 bits per heavy atom. The molecule has 25 heavy (non-hydrogen) atoms. The van der Waals surface area contributed by atoms with Crippen molar-refractivity contribution >= 4 is 0 Å². The molecule has 3 rings (SSSR count). The lowest BCUT2D eigenvalue weighted by Gasteiger charge is -2.27. The van der Waals surface area contributed by atoms with Crippen molar-refractivity contribution in [2.24, 2.45) is 5.92 Å². The van der Waals surface area contributed by atoms with E-state index in [0.29, 0.717) is 11.8 Å². The molecule has 0 amide bonds. The molecule has 0 aromatic heterocycles. The summed E-state index contributed by atoms with van der Waals surface area (Å²) in [7, 11) is 0. The highest BCUT2D eigenvalue weighted by Crippen LogP contribution is 2.44. The number of benzene rings is 2. The van der Waals surface area contributed by atoms with Crippen LogP contribution in [0.4, 0.5) is 0 Å². The van der Waals surface area contributed by atoms with E-state index >= 15 is 0 Å². The van der Waals surface area contributed by atoms with Crippen molar-refractivity contribution in [1.29, 1.82) is 0 Å². The van der Waals surface area contributed by atoms with Gasteiger partial charge in [0.2, 0.25) is 0 Å². The minimum atomic E-state index is 0.379. The van der Waals surface area contributed by atoms with Gasteiger partial charge in [0.1, 0.15) is 0 Å². The molecule has 1 aliphatic rings. The molecule has 0 saturated heterocycles. The zero-order valence-corrected chi connectivity index (χ0v) is 16.7. The average Bonchev–Trinajstić information content (AvgIpc) is 2.73. The fourth-order valence-electron chi connectivity index (χ4n) is 4.41.